The van der Waals surface area contributed by atoms with Gasteiger partial charge in [-0.15, -0.1) is 4.72 Å². The number of rotatable bonds is 7. The SMILES string of the molecule is CCC(CC(=O)O)(N[S@+]([O-])C(C)(C)C)c1cc([N+](=O)[O-])ccc1F. The van der Waals surface area contributed by atoms with E-state index in [1.54, 1.807) is 27.7 Å². The minimum Gasteiger partial charge on any atom is -0.598 e. The molecule has 1 aromatic rings. The van der Waals surface area contributed by atoms with Gasteiger partial charge in [0.05, 0.1) is 11.3 Å². The summed E-state index contributed by atoms with van der Waals surface area (Å²) in [5.41, 5.74) is -2.07. The summed E-state index contributed by atoms with van der Waals surface area (Å²) in [6, 6.07) is 2.91. The molecular weight excluding hydrogens is 339 g/mol. The first-order chi connectivity index (χ1) is 10.9. The Morgan fingerprint density at radius 2 is 2.00 bits per heavy atom. The third-order valence-electron chi connectivity index (χ3n) is 3.58. The van der Waals surface area contributed by atoms with Crippen molar-refractivity contribution in [1.29, 1.82) is 0 Å². The monoisotopic (exact) mass is 360 g/mol. The van der Waals surface area contributed by atoms with Crippen LogP contribution in [0.15, 0.2) is 18.2 Å². The molecule has 0 spiro atoms. The Morgan fingerprint density at radius 1 is 1.42 bits per heavy atom. The Bertz CT molecular complexity index is 635. The molecule has 0 saturated carbocycles. The number of hydrogen-bond acceptors (Lipinski definition) is 5. The van der Waals surface area contributed by atoms with Crippen LogP contribution in [0.3, 0.4) is 0 Å². The topological polar surface area (TPSA) is 116 Å². The van der Waals surface area contributed by atoms with E-state index in [2.05, 4.69) is 4.72 Å². The van der Waals surface area contributed by atoms with E-state index in [1.165, 1.54) is 0 Å². The van der Waals surface area contributed by atoms with Crippen molar-refractivity contribution in [3.05, 3.63) is 39.7 Å². The van der Waals surface area contributed by atoms with Gasteiger partial charge in [0.2, 0.25) is 0 Å². The average molecular weight is 360 g/mol. The molecule has 0 amide bonds. The molecule has 9 heteroatoms. The van der Waals surface area contributed by atoms with Crippen molar-refractivity contribution >= 4 is 23.0 Å². The van der Waals surface area contributed by atoms with Crippen LogP contribution >= 0.6 is 0 Å². The largest absolute Gasteiger partial charge is 0.598 e. The van der Waals surface area contributed by atoms with Gasteiger partial charge in [-0.25, -0.2) is 4.39 Å². The quantitative estimate of drug-likeness (QED) is 0.439. The van der Waals surface area contributed by atoms with Gasteiger partial charge in [0.1, 0.15) is 16.1 Å². The van der Waals surface area contributed by atoms with E-state index in [4.69, 9.17) is 0 Å². The zero-order chi connectivity index (χ0) is 18.7. The molecule has 0 aliphatic carbocycles. The van der Waals surface area contributed by atoms with E-state index in [0.29, 0.717) is 0 Å². The number of benzene rings is 1. The van der Waals surface area contributed by atoms with Crippen molar-refractivity contribution < 1.29 is 23.8 Å². The average Bonchev–Trinajstić information content (AvgIpc) is 2.45. The van der Waals surface area contributed by atoms with Crippen LogP contribution in [-0.4, -0.2) is 25.3 Å². The predicted octanol–water partition coefficient (Wildman–Crippen LogP) is 2.87. The number of aliphatic carboxylic acids is 1. The van der Waals surface area contributed by atoms with Gasteiger partial charge in [-0.05, 0) is 33.3 Å². The van der Waals surface area contributed by atoms with Crippen LogP contribution < -0.4 is 4.72 Å². The number of nitro groups is 1. The normalized spacial score (nSPS) is 15.6. The van der Waals surface area contributed by atoms with Crippen LogP contribution in [0, 0.1) is 15.9 Å². The lowest BCUT2D eigenvalue weighted by Gasteiger charge is -2.36. The summed E-state index contributed by atoms with van der Waals surface area (Å²) in [6.45, 7) is 6.65. The molecule has 0 bridgehead atoms. The Balaban J connectivity index is 3.50. The second kappa shape index (κ2) is 7.45. The van der Waals surface area contributed by atoms with Crippen LogP contribution in [0.2, 0.25) is 0 Å². The number of nitrogens with zero attached hydrogens (tertiary/aromatic N) is 1. The lowest BCUT2D eigenvalue weighted by molar-refractivity contribution is -0.385. The zero-order valence-electron chi connectivity index (χ0n) is 14.0. The molecule has 0 aliphatic rings. The van der Waals surface area contributed by atoms with Crippen molar-refractivity contribution in [2.75, 3.05) is 0 Å². The number of carboxylic acid groups (broad SMARTS) is 1. The van der Waals surface area contributed by atoms with E-state index in [-0.39, 0.29) is 17.7 Å². The molecule has 0 fully saturated rings. The Morgan fingerprint density at radius 3 is 2.42 bits per heavy atom. The first-order valence-electron chi connectivity index (χ1n) is 7.29. The Hall–Kier alpha value is -1.71. The van der Waals surface area contributed by atoms with Crippen LogP contribution in [0.5, 0.6) is 0 Å². The van der Waals surface area contributed by atoms with E-state index in [9.17, 15) is 29.0 Å². The maximum absolute atomic E-state index is 14.4. The highest BCUT2D eigenvalue weighted by Crippen LogP contribution is 2.35. The molecular formula is C15H21FN2O5S. The predicted molar refractivity (Wildman–Crippen MR) is 88.3 cm³/mol. The van der Waals surface area contributed by atoms with Crippen LogP contribution in [0.4, 0.5) is 10.1 Å². The first kappa shape index (κ1) is 20.3. The van der Waals surface area contributed by atoms with Gasteiger partial charge in [0.15, 0.2) is 0 Å². The fourth-order valence-corrected chi connectivity index (χ4v) is 3.14. The number of hydrogen-bond donors (Lipinski definition) is 2. The molecule has 7 nitrogen and oxygen atoms in total. The van der Waals surface area contributed by atoms with Crippen molar-refractivity contribution in [3.63, 3.8) is 0 Å². The van der Waals surface area contributed by atoms with Crippen molar-refractivity contribution in [1.82, 2.24) is 4.72 Å². The molecule has 0 radical (unpaired) electrons. The molecule has 24 heavy (non-hydrogen) atoms. The summed E-state index contributed by atoms with van der Waals surface area (Å²) >= 11 is -1.70. The summed E-state index contributed by atoms with van der Waals surface area (Å²) in [7, 11) is 0. The fourth-order valence-electron chi connectivity index (χ4n) is 2.16. The molecule has 2 N–H and O–H groups in total. The molecule has 1 unspecified atom stereocenters. The zero-order valence-corrected chi connectivity index (χ0v) is 14.8. The Labute approximate surface area is 142 Å². The van der Waals surface area contributed by atoms with Gasteiger partial charge in [-0.2, -0.15) is 0 Å². The van der Waals surface area contributed by atoms with Gasteiger partial charge >= 0.3 is 5.97 Å². The molecule has 0 aliphatic heterocycles. The van der Waals surface area contributed by atoms with Crippen molar-refractivity contribution in [3.8, 4) is 0 Å². The highest BCUT2D eigenvalue weighted by atomic mass is 32.2. The maximum atomic E-state index is 14.4. The second-order valence-electron chi connectivity index (χ2n) is 6.41. The van der Waals surface area contributed by atoms with Crippen molar-refractivity contribution in [2.24, 2.45) is 0 Å². The van der Waals surface area contributed by atoms with E-state index < -0.39 is 44.8 Å². The van der Waals surface area contributed by atoms with Crippen LogP contribution in [-0.2, 0) is 21.7 Å². The third-order valence-corrected chi connectivity index (χ3v) is 5.27. The van der Waals surface area contributed by atoms with Crippen LogP contribution in [0.1, 0.15) is 46.1 Å². The van der Waals surface area contributed by atoms with Gasteiger partial charge in [-0.3, -0.25) is 14.9 Å². The van der Waals surface area contributed by atoms with E-state index >= 15 is 0 Å². The van der Waals surface area contributed by atoms with Crippen LogP contribution in [0.25, 0.3) is 0 Å². The number of nitrogens with one attached hydrogen (secondary N) is 1. The standard InChI is InChI=1S/C15H21FN2O5S/c1-5-15(9-13(19)20,17-24(23)14(2,3)4)11-8-10(18(21)22)6-7-12(11)16/h6-8,17H,5,9H2,1-4H3,(H,19,20)/t15?,24-/m1/s1. The Kier molecular flexibility index (Phi) is 6.32. The maximum Gasteiger partial charge on any atom is 0.305 e. The lowest BCUT2D eigenvalue weighted by Crippen LogP contribution is -2.52. The van der Waals surface area contributed by atoms with Crippen molar-refractivity contribution in [2.45, 2.75) is 50.8 Å². The molecule has 0 saturated heterocycles. The number of carbonyl (C=O) groups is 1. The second-order valence-corrected chi connectivity index (χ2v) is 8.38. The van der Waals surface area contributed by atoms with Gasteiger partial charge in [-0.1, -0.05) is 6.92 Å². The highest BCUT2D eigenvalue weighted by Gasteiger charge is 2.43. The van der Waals surface area contributed by atoms with E-state index in [0.717, 1.165) is 18.2 Å². The number of carboxylic acids is 1. The molecule has 134 valence electrons. The number of nitro benzene ring substituents is 1. The summed E-state index contributed by atoms with van der Waals surface area (Å²) in [6.07, 6.45) is -0.484. The summed E-state index contributed by atoms with van der Waals surface area (Å²) in [4.78, 5) is 21.6. The molecule has 0 aromatic heterocycles. The smallest absolute Gasteiger partial charge is 0.305 e. The first-order valence-corrected chi connectivity index (χ1v) is 8.44. The number of halogens is 1. The van der Waals surface area contributed by atoms with E-state index in [1.807, 2.05) is 0 Å². The summed E-state index contributed by atoms with van der Waals surface area (Å²) in [5.74, 6) is -2.02. The molecule has 2 atom stereocenters. The van der Waals surface area contributed by atoms with Gasteiger partial charge < -0.3 is 9.66 Å². The molecule has 1 aromatic carbocycles. The van der Waals surface area contributed by atoms with Gasteiger partial charge in [0, 0.05) is 29.1 Å². The minimum absolute atomic E-state index is 0.0825. The third kappa shape index (κ3) is 4.65. The summed E-state index contributed by atoms with van der Waals surface area (Å²) < 4.78 is 28.8. The van der Waals surface area contributed by atoms with Gasteiger partial charge in [0.25, 0.3) is 5.69 Å². The molecule has 0 heterocycles. The summed E-state index contributed by atoms with van der Waals surface area (Å²) in [5, 5.41) is 20.2. The number of non-ortho nitro benzene ring substituents is 1. The highest BCUT2D eigenvalue weighted by molar-refractivity contribution is 7.90. The lowest BCUT2D eigenvalue weighted by atomic mass is 9.84. The minimum atomic E-state index is -1.70. The molecule has 1 rings (SSSR count). The fraction of sp³-hybridized carbons (Fsp3) is 0.533.